The molecule has 0 aliphatic rings. The molecule has 1 aromatic rings. The Balaban J connectivity index is 2.38. The summed E-state index contributed by atoms with van der Waals surface area (Å²) in [5.74, 6) is 0. The van der Waals surface area contributed by atoms with Crippen molar-refractivity contribution in [3.63, 3.8) is 0 Å². The second-order valence-electron chi connectivity index (χ2n) is 2.64. The van der Waals surface area contributed by atoms with E-state index in [1.54, 1.807) is 11.3 Å². The third-order valence-corrected chi connectivity index (χ3v) is 2.64. The molecule has 0 amide bonds. The van der Waals surface area contributed by atoms with Gasteiger partial charge in [0.1, 0.15) is 6.29 Å². The number of thiophene rings is 1. The van der Waals surface area contributed by atoms with Crippen molar-refractivity contribution in [2.45, 2.75) is 26.2 Å². The highest BCUT2D eigenvalue weighted by Crippen LogP contribution is 2.15. The molecular weight excluding hydrogens is 156 g/mol. The summed E-state index contributed by atoms with van der Waals surface area (Å²) in [7, 11) is 0. The molecule has 60 valence electrons. The summed E-state index contributed by atoms with van der Waals surface area (Å²) in [6.07, 6.45) is 3.71. The molecular formula is C9H12OS. The zero-order valence-electron chi connectivity index (χ0n) is 6.67. The first-order valence-electron chi connectivity index (χ1n) is 3.80. The monoisotopic (exact) mass is 168 g/mol. The summed E-state index contributed by atoms with van der Waals surface area (Å²) in [5, 5.41) is 4.32. The maximum Gasteiger partial charge on any atom is 0.120 e. The van der Waals surface area contributed by atoms with Crippen molar-refractivity contribution in [1.82, 2.24) is 0 Å². The molecule has 2 heteroatoms. The van der Waals surface area contributed by atoms with E-state index >= 15 is 0 Å². The first kappa shape index (κ1) is 8.47. The number of aldehydes is 1. The van der Waals surface area contributed by atoms with Gasteiger partial charge in [0.05, 0.1) is 0 Å². The van der Waals surface area contributed by atoms with Crippen molar-refractivity contribution < 1.29 is 4.79 Å². The predicted molar refractivity (Wildman–Crippen MR) is 48.1 cm³/mol. The number of carbonyl (C=O) groups excluding carboxylic acids is 1. The van der Waals surface area contributed by atoms with E-state index in [0.29, 0.717) is 6.42 Å². The van der Waals surface area contributed by atoms with Crippen LogP contribution < -0.4 is 0 Å². The topological polar surface area (TPSA) is 17.1 Å². The van der Waals surface area contributed by atoms with Crippen LogP contribution in [0.5, 0.6) is 0 Å². The lowest BCUT2D eigenvalue weighted by Crippen LogP contribution is -1.85. The molecule has 0 N–H and O–H groups in total. The first-order chi connectivity index (χ1) is 5.34. The van der Waals surface area contributed by atoms with Gasteiger partial charge in [-0.1, -0.05) is 0 Å². The molecule has 0 atom stereocenters. The van der Waals surface area contributed by atoms with Crippen molar-refractivity contribution in [3.8, 4) is 0 Å². The Labute approximate surface area is 71.1 Å². The van der Waals surface area contributed by atoms with Crippen LogP contribution in [-0.4, -0.2) is 6.29 Å². The summed E-state index contributed by atoms with van der Waals surface area (Å²) in [5.41, 5.74) is 2.76. The Morgan fingerprint density at radius 2 is 2.36 bits per heavy atom. The highest BCUT2D eigenvalue weighted by atomic mass is 32.1. The van der Waals surface area contributed by atoms with E-state index in [2.05, 4.69) is 17.7 Å². The second kappa shape index (κ2) is 4.29. The van der Waals surface area contributed by atoms with E-state index in [1.165, 1.54) is 11.1 Å². The zero-order chi connectivity index (χ0) is 8.10. The van der Waals surface area contributed by atoms with Crippen molar-refractivity contribution in [3.05, 3.63) is 21.9 Å². The van der Waals surface area contributed by atoms with Gasteiger partial charge in [-0.3, -0.25) is 0 Å². The van der Waals surface area contributed by atoms with Gasteiger partial charge >= 0.3 is 0 Å². The van der Waals surface area contributed by atoms with Crippen LogP contribution >= 0.6 is 11.3 Å². The molecule has 1 rings (SSSR count). The summed E-state index contributed by atoms with van der Waals surface area (Å²) in [4.78, 5) is 10.0. The standard InChI is InChI=1S/C9H12OS/c1-8-6-11-7-9(8)4-2-3-5-10/h5-7H,2-4H2,1H3. The van der Waals surface area contributed by atoms with E-state index in [-0.39, 0.29) is 0 Å². The third kappa shape index (κ3) is 2.46. The Bertz CT molecular complexity index is 227. The maximum absolute atomic E-state index is 10.0. The van der Waals surface area contributed by atoms with Crippen LogP contribution in [0, 0.1) is 6.92 Å². The molecule has 0 aromatic carbocycles. The summed E-state index contributed by atoms with van der Waals surface area (Å²) in [6, 6.07) is 0. The number of aryl methyl sites for hydroxylation is 2. The lowest BCUT2D eigenvalue weighted by molar-refractivity contribution is -0.107. The van der Waals surface area contributed by atoms with Crippen LogP contribution in [0.1, 0.15) is 24.0 Å². The van der Waals surface area contributed by atoms with E-state index < -0.39 is 0 Å². The fraction of sp³-hybridized carbons (Fsp3) is 0.444. The Morgan fingerprint density at radius 3 is 2.91 bits per heavy atom. The lowest BCUT2D eigenvalue weighted by Gasteiger charge is -1.95. The molecule has 0 saturated heterocycles. The van der Waals surface area contributed by atoms with Gasteiger partial charge in [-0.15, -0.1) is 0 Å². The van der Waals surface area contributed by atoms with Crippen LogP contribution in [0.4, 0.5) is 0 Å². The van der Waals surface area contributed by atoms with Crippen molar-refractivity contribution in [2.24, 2.45) is 0 Å². The van der Waals surface area contributed by atoms with E-state index in [1.807, 2.05) is 0 Å². The molecule has 11 heavy (non-hydrogen) atoms. The van der Waals surface area contributed by atoms with Gasteiger partial charge in [-0.05, 0) is 41.7 Å². The molecule has 0 saturated carbocycles. The Morgan fingerprint density at radius 1 is 1.55 bits per heavy atom. The number of carbonyl (C=O) groups is 1. The molecule has 0 spiro atoms. The van der Waals surface area contributed by atoms with Crippen LogP contribution in [0.15, 0.2) is 10.8 Å². The minimum atomic E-state index is 0.690. The van der Waals surface area contributed by atoms with Gasteiger partial charge in [-0.2, -0.15) is 11.3 Å². The first-order valence-corrected chi connectivity index (χ1v) is 4.74. The van der Waals surface area contributed by atoms with Crippen LogP contribution in [0.25, 0.3) is 0 Å². The van der Waals surface area contributed by atoms with Gasteiger partial charge < -0.3 is 4.79 Å². The molecule has 0 aliphatic carbocycles. The predicted octanol–water partition coefficient (Wildman–Crippen LogP) is 2.58. The summed E-state index contributed by atoms with van der Waals surface area (Å²) < 4.78 is 0. The van der Waals surface area contributed by atoms with Gasteiger partial charge in [0.2, 0.25) is 0 Å². The van der Waals surface area contributed by atoms with Crippen molar-refractivity contribution >= 4 is 17.6 Å². The summed E-state index contributed by atoms with van der Waals surface area (Å²) >= 11 is 1.74. The van der Waals surface area contributed by atoms with E-state index in [4.69, 9.17) is 0 Å². The third-order valence-electron chi connectivity index (χ3n) is 1.73. The molecule has 1 aromatic heterocycles. The van der Waals surface area contributed by atoms with E-state index in [9.17, 15) is 4.79 Å². The minimum Gasteiger partial charge on any atom is -0.303 e. The zero-order valence-corrected chi connectivity index (χ0v) is 7.49. The average molecular weight is 168 g/mol. The molecule has 0 unspecified atom stereocenters. The summed E-state index contributed by atoms with van der Waals surface area (Å²) in [6.45, 7) is 2.12. The number of unbranched alkanes of at least 4 members (excludes halogenated alkanes) is 1. The lowest BCUT2D eigenvalue weighted by atomic mass is 10.1. The normalized spacial score (nSPS) is 9.91. The molecule has 1 heterocycles. The Hall–Kier alpha value is -0.630. The average Bonchev–Trinajstić information content (AvgIpc) is 2.37. The van der Waals surface area contributed by atoms with Crippen molar-refractivity contribution in [2.75, 3.05) is 0 Å². The van der Waals surface area contributed by atoms with Gasteiger partial charge in [0.15, 0.2) is 0 Å². The molecule has 1 nitrogen and oxygen atoms in total. The van der Waals surface area contributed by atoms with Crippen LogP contribution in [0.3, 0.4) is 0 Å². The maximum atomic E-state index is 10.0. The van der Waals surface area contributed by atoms with Gasteiger partial charge in [0, 0.05) is 6.42 Å². The highest BCUT2D eigenvalue weighted by Gasteiger charge is 1.97. The fourth-order valence-corrected chi connectivity index (χ4v) is 1.91. The Kier molecular flexibility index (Phi) is 3.30. The van der Waals surface area contributed by atoms with Crippen LogP contribution in [-0.2, 0) is 11.2 Å². The number of rotatable bonds is 4. The van der Waals surface area contributed by atoms with Crippen molar-refractivity contribution in [1.29, 1.82) is 0 Å². The van der Waals surface area contributed by atoms with Crippen LogP contribution in [0.2, 0.25) is 0 Å². The number of hydrogen-bond acceptors (Lipinski definition) is 2. The fourth-order valence-electron chi connectivity index (χ4n) is 1.02. The quantitative estimate of drug-likeness (QED) is 0.499. The largest absolute Gasteiger partial charge is 0.303 e. The minimum absolute atomic E-state index is 0.690. The highest BCUT2D eigenvalue weighted by molar-refractivity contribution is 7.08. The molecule has 0 bridgehead atoms. The smallest absolute Gasteiger partial charge is 0.120 e. The SMILES string of the molecule is Cc1cscc1CCCC=O. The molecule has 0 fully saturated rings. The van der Waals surface area contributed by atoms with Gasteiger partial charge in [-0.25, -0.2) is 0 Å². The van der Waals surface area contributed by atoms with E-state index in [0.717, 1.165) is 19.1 Å². The second-order valence-corrected chi connectivity index (χ2v) is 3.38. The number of hydrogen-bond donors (Lipinski definition) is 0. The molecule has 0 aliphatic heterocycles. The van der Waals surface area contributed by atoms with Gasteiger partial charge in [0.25, 0.3) is 0 Å². The molecule has 0 radical (unpaired) electrons.